The summed E-state index contributed by atoms with van der Waals surface area (Å²) in [6.45, 7) is 0.583. The molecule has 0 spiro atoms. The summed E-state index contributed by atoms with van der Waals surface area (Å²) in [4.78, 5) is 12.8. The first-order chi connectivity index (χ1) is 15.7. The lowest BCUT2D eigenvalue weighted by Crippen LogP contribution is -2.25. The van der Waals surface area contributed by atoms with E-state index < -0.39 is 0 Å². The highest BCUT2D eigenvalue weighted by atomic mass is 32.2. The second-order valence-electron chi connectivity index (χ2n) is 7.37. The van der Waals surface area contributed by atoms with Gasteiger partial charge in [-0.1, -0.05) is 66.4 Å². The van der Waals surface area contributed by atoms with Gasteiger partial charge >= 0.3 is 0 Å². The lowest BCUT2D eigenvalue weighted by Gasteiger charge is -2.12. The van der Waals surface area contributed by atoms with Gasteiger partial charge in [0, 0.05) is 22.8 Å². The molecule has 2 heterocycles. The van der Waals surface area contributed by atoms with Gasteiger partial charge in [0.15, 0.2) is 0 Å². The third-order valence-electron chi connectivity index (χ3n) is 5.30. The number of benzene rings is 3. The van der Waals surface area contributed by atoms with Crippen molar-refractivity contribution in [1.82, 2.24) is 15.2 Å². The largest absolute Gasteiger partial charge is 0.272 e. The van der Waals surface area contributed by atoms with Crippen LogP contribution in [0.25, 0.3) is 22.0 Å². The third-order valence-corrected chi connectivity index (χ3v) is 6.27. The Kier molecular flexibility index (Phi) is 5.64. The number of halogens is 1. The number of hydrogen-bond acceptors (Lipinski definition) is 5. The van der Waals surface area contributed by atoms with Crippen LogP contribution in [0.2, 0.25) is 0 Å². The van der Waals surface area contributed by atoms with Gasteiger partial charge in [-0.15, -0.1) is 10.2 Å². The van der Waals surface area contributed by atoms with Crippen LogP contribution >= 0.6 is 11.8 Å². The summed E-state index contributed by atoms with van der Waals surface area (Å²) >= 11 is 1.35. The molecule has 1 aromatic heterocycles. The summed E-state index contributed by atoms with van der Waals surface area (Å²) in [5, 5.41) is 17.3. The van der Waals surface area contributed by atoms with Crippen molar-refractivity contribution in [1.29, 1.82) is 0 Å². The van der Waals surface area contributed by atoms with Crippen LogP contribution in [-0.4, -0.2) is 39.1 Å². The normalized spacial score (nSPS) is 13.4. The van der Waals surface area contributed by atoms with Gasteiger partial charge in [0.05, 0.1) is 18.0 Å². The Bertz CT molecular complexity index is 1310. The summed E-state index contributed by atoms with van der Waals surface area (Å²) in [6.07, 6.45) is 0.746. The van der Waals surface area contributed by atoms with Crippen molar-refractivity contribution in [3.05, 3.63) is 90.2 Å². The van der Waals surface area contributed by atoms with Crippen molar-refractivity contribution in [2.24, 2.45) is 5.10 Å². The van der Waals surface area contributed by atoms with Crippen molar-refractivity contribution in [2.75, 3.05) is 12.3 Å². The molecule has 0 atom stereocenters. The van der Waals surface area contributed by atoms with Gasteiger partial charge in [-0.3, -0.25) is 4.79 Å². The molecular weight excluding hydrogens is 423 g/mol. The first-order valence-corrected chi connectivity index (χ1v) is 11.2. The molecule has 158 valence electrons. The molecule has 7 heteroatoms. The SMILES string of the molecule is O=C(CSc1nnc(-c2ccc(F)cc2)c2ccccc12)N1CCC(c2ccccc2)=N1. The molecule has 0 aliphatic carbocycles. The number of aromatic nitrogens is 2. The summed E-state index contributed by atoms with van der Waals surface area (Å²) < 4.78 is 13.3. The number of hydrogen-bond donors (Lipinski definition) is 0. The Morgan fingerprint density at radius 2 is 1.59 bits per heavy atom. The first kappa shape index (κ1) is 20.3. The zero-order chi connectivity index (χ0) is 21.9. The maximum atomic E-state index is 13.3. The monoisotopic (exact) mass is 442 g/mol. The molecule has 5 nitrogen and oxygen atoms in total. The number of carbonyl (C=O) groups excluding carboxylic acids is 1. The van der Waals surface area contributed by atoms with Gasteiger partial charge in [0.1, 0.15) is 16.5 Å². The fourth-order valence-corrected chi connectivity index (χ4v) is 4.52. The zero-order valence-corrected chi connectivity index (χ0v) is 17.9. The van der Waals surface area contributed by atoms with Crippen LogP contribution in [0.1, 0.15) is 12.0 Å². The van der Waals surface area contributed by atoms with Crippen LogP contribution in [0.15, 0.2) is 89.0 Å². The number of thioether (sulfide) groups is 1. The predicted octanol–water partition coefficient (Wildman–Crippen LogP) is 5.16. The van der Waals surface area contributed by atoms with E-state index in [4.69, 9.17) is 0 Å². The minimum atomic E-state index is -0.295. The molecule has 1 aliphatic heterocycles. The minimum absolute atomic E-state index is 0.0607. The number of amides is 1. The standard InChI is InChI=1S/C25H19FN4OS/c26-19-12-10-18(11-13-19)24-20-8-4-5-9-21(20)25(28-27-24)32-16-23(31)30-15-14-22(29-30)17-6-2-1-3-7-17/h1-13H,14-16H2. The Hall–Kier alpha value is -3.58. The maximum absolute atomic E-state index is 13.3. The van der Waals surface area contributed by atoms with E-state index >= 15 is 0 Å². The summed E-state index contributed by atoms with van der Waals surface area (Å²) in [6, 6.07) is 23.9. The molecule has 5 rings (SSSR count). The molecule has 0 N–H and O–H groups in total. The minimum Gasteiger partial charge on any atom is -0.272 e. The van der Waals surface area contributed by atoms with Crippen molar-refractivity contribution in [3.8, 4) is 11.3 Å². The number of hydrazone groups is 1. The topological polar surface area (TPSA) is 58.5 Å². The summed E-state index contributed by atoms with van der Waals surface area (Å²) in [7, 11) is 0. The Morgan fingerprint density at radius 3 is 2.38 bits per heavy atom. The van der Waals surface area contributed by atoms with E-state index in [2.05, 4.69) is 15.3 Å². The lowest BCUT2D eigenvalue weighted by molar-refractivity contribution is -0.127. The smallest absolute Gasteiger partial charge is 0.253 e. The van der Waals surface area contributed by atoms with Crippen LogP contribution in [0.3, 0.4) is 0 Å². The van der Waals surface area contributed by atoms with Crippen LogP contribution < -0.4 is 0 Å². The van der Waals surface area contributed by atoms with Crippen LogP contribution in [0.4, 0.5) is 4.39 Å². The van der Waals surface area contributed by atoms with Crippen molar-refractivity contribution in [2.45, 2.75) is 11.4 Å². The van der Waals surface area contributed by atoms with E-state index in [1.54, 1.807) is 12.1 Å². The van der Waals surface area contributed by atoms with E-state index in [1.165, 1.54) is 28.9 Å². The Labute approximate surface area is 189 Å². The highest BCUT2D eigenvalue weighted by molar-refractivity contribution is 8.00. The molecule has 0 saturated heterocycles. The van der Waals surface area contributed by atoms with Gasteiger partial charge in [-0.05, 0) is 29.8 Å². The highest BCUT2D eigenvalue weighted by Crippen LogP contribution is 2.32. The van der Waals surface area contributed by atoms with Gasteiger partial charge in [-0.25, -0.2) is 9.40 Å². The number of rotatable bonds is 5. The average Bonchev–Trinajstić information content (AvgIpc) is 3.34. The summed E-state index contributed by atoms with van der Waals surface area (Å²) in [5.41, 5.74) is 3.46. The van der Waals surface area contributed by atoms with Crippen LogP contribution in [-0.2, 0) is 4.79 Å². The average molecular weight is 443 g/mol. The summed E-state index contributed by atoms with van der Waals surface area (Å²) in [5.74, 6) is -0.133. The Balaban J connectivity index is 1.35. The predicted molar refractivity (Wildman–Crippen MR) is 125 cm³/mol. The molecule has 0 saturated carbocycles. The molecule has 0 unspecified atom stereocenters. The van der Waals surface area contributed by atoms with E-state index in [9.17, 15) is 9.18 Å². The second-order valence-corrected chi connectivity index (χ2v) is 8.34. The van der Waals surface area contributed by atoms with E-state index in [0.717, 1.165) is 34.0 Å². The van der Waals surface area contributed by atoms with E-state index in [-0.39, 0.29) is 17.5 Å². The fraction of sp³-hybridized carbons (Fsp3) is 0.120. The van der Waals surface area contributed by atoms with Crippen molar-refractivity contribution in [3.63, 3.8) is 0 Å². The molecule has 0 fully saturated rings. The molecule has 0 bridgehead atoms. The highest BCUT2D eigenvalue weighted by Gasteiger charge is 2.22. The van der Waals surface area contributed by atoms with Gasteiger partial charge in [0.2, 0.25) is 0 Å². The molecule has 32 heavy (non-hydrogen) atoms. The molecule has 1 amide bonds. The third kappa shape index (κ3) is 4.11. The molecule has 0 radical (unpaired) electrons. The Morgan fingerprint density at radius 1 is 0.875 bits per heavy atom. The zero-order valence-electron chi connectivity index (χ0n) is 17.1. The molecular formula is C25H19FN4OS. The van der Waals surface area contributed by atoms with Crippen LogP contribution in [0, 0.1) is 5.82 Å². The molecule has 4 aromatic rings. The van der Waals surface area contributed by atoms with E-state index in [0.29, 0.717) is 17.3 Å². The van der Waals surface area contributed by atoms with Gasteiger partial charge in [-0.2, -0.15) is 5.10 Å². The van der Waals surface area contributed by atoms with Crippen molar-refractivity contribution >= 4 is 34.2 Å². The number of nitrogens with zero attached hydrogens (tertiary/aromatic N) is 4. The van der Waals surface area contributed by atoms with E-state index in [1.807, 2.05) is 54.6 Å². The maximum Gasteiger partial charge on any atom is 0.253 e. The lowest BCUT2D eigenvalue weighted by atomic mass is 10.1. The van der Waals surface area contributed by atoms with Gasteiger partial charge in [0.25, 0.3) is 5.91 Å². The van der Waals surface area contributed by atoms with Crippen LogP contribution in [0.5, 0.6) is 0 Å². The molecule has 1 aliphatic rings. The molecule has 3 aromatic carbocycles. The van der Waals surface area contributed by atoms with Gasteiger partial charge < -0.3 is 0 Å². The second kappa shape index (κ2) is 8.88. The quantitative estimate of drug-likeness (QED) is 0.401. The van der Waals surface area contributed by atoms with Crippen molar-refractivity contribution < 1.29 is 9.18 Å². The number of carbonyl (C=O) groups is 1. The number of fused-ring (bicyclic) bond motifs is 1. The fourth-order valence-electron chi connectivity index (χ4n) is 3.68. The first-order valence-electron chi connectivity index (χ1n) is 10.3.